The van der Waals surface area contributed by atoms with E-state index in [4.69, 9.17) is 0 Å². The first kappa shape index (κ1) is 22.9. The number of hydrogen-bond acceptors (Lipinski definition) is 3. The van der Waals surface area contributed by atoms with Crippen LogP contribution in [0, 0.1) is 12.7 Å². The third-order valence-corrected chi connectivity index (χ3v) is 5.46. The second-order valence-corrected chi connectivity index (χ2v) is 8.39. The van der Waals surface area contributed by atoms with Gasteiger partial charge < -0.3 is 10.2 Å². The lowest BCUT2D eigenvalue weighted by Gasteiger charge is -2.31. The molecule has 29 heavy (non-hydrogen) atoms. The molecule has 4 nitrogen and oxygen atoms in total. The van der Waals surface area contributed by atoms with Crippen molar-refractivity contribution in [1.82, 2.24) is 10.2 Å². The molecule has 2 aromatic rings. The van der Waals surface area contributed by atoms with Crippen LogP contribution in [-0.4, -0.2) is 34.6 Å². The zero-order chi connectivity index (χ0) is 21.4. The van der Waals surface area contributed by atoms with Gasteiger partial charge in [-0.3, -0.25) is 9.59 Å². The summed E-state index contributed by atoms with van der Waals surface area (Å²) in [5, 5.41) is 2.90. The second kappa shape index (κ2) is 11.0. The van der Waals surface area contributed by atoms with E-state index in [1.165, 1.54) is 23.9 Å². The summed E-state index contributed by atoms with van der Waals surface area (Å²) in [5.74, 6) is -0.384. The maximum absolute atomic E-state index is 13.3. The molecule has 0 radical (unpaired) electrons. The fourth-order valence-electron chi connectivity index (χ4n) is 2.95. The van der Waals surface area contributed by atoms with Crippen molar-refractivity contribution in [3.63, 3.8) is 0 Å². The largest absolute Gasteiger partial charge is 0.352 e. The van der Waals surface area contributed by atoms with E-state index in [1.54, 1.807) is 17.0 Å². The van der Waals surface area contributed by atoms with Gasteiger partial charge in [-0.25, -0.2) is 4.39 Å². The number of benzene rings is 2. The second-order valence-electron chi connectivity index (χ2n) is 7.34. The van der Waals surface area contributed by atoms with Crippen molar-refractivity contribution < 1.29 is 14.0 Å². The summed E-state index contributed by atoms with van der Waals surface area (Å²) >= 11 is 1.45. The van der Waals surface area contributed by atoms with Crippen LogP contribution in [0.3, 0.4) is 0 Å². The molecule has 0 aliphatic carbocycles. The van der Waals surface area contributed by atoms with Gasteiger partial charge in [0, 0.05) is 17.5 Å². The number of aryl methyl sites for hydroxylation is 1. The van der Waals surface area contributed by atoms with E-state index in [-0.39, 0.29) is 36.0 Å². The van der Waals surface area contributed by atoms with Gasteiger partial charge in [-0.2, -0.15) is 0 Å². The minimum Gasteiger partial charge on any atom is -0.352 e. The van der Waals surface area contributed by atoms with Crippen LogP contribution in [0.5, 0.6) is 0 Å². The van der Waals surface area contributed by atoms with Crippen molar-refractivity contribution in [3.05, 3.63) is 65.5 Å². The molecular weight excluding hydrogens is 387 g/mol. The Hall–Kier alpha value is -2.34. The first-order chi connectivity index (χ1) is 13.8. The molecule has 0 aliphatic heterocycles. The highest BCUT2D eigenvalue weighted by molar-refractivity contribution is 8.00. The average Bonchev–Trinajstić information content (AvgIpc) is 2.68. The first-order valence-electron chi connectivity index (χ1n) is 9.84. The highest BCUT2D eigenvalue weighted by Crippen LogP contribution is 2.21. The van der Waals surface area contributed by atoms with Crippen molar-refractivity contribution >= 4 is 23.6 Å². The normalized spacial score (nSPS) is 11.9. The number of thioether (sulfide) groups is 1. The van der Waals surface area contributed by atoms with Gasteiger partial charge >= 0.3 is 0 Å². The maximum atomic E-state index is 13.3. The summed E-state index contributed by atoms with van der Waals surface area (Å²) in [6, 6.07) is 13.4. The molecule has 0 fully saturated rings. The van der Waals surface area contributed by atoms with Crippen molar-refractivity contribution in [1.29, 1.82) is 0 Å². The molecule has 2 amide bonds. The smallest absolute Gasteiger partial charge is 0.243 e. The molecule has 6 heteroatoms. The highest BCUT2D eigenvalue weighted by Gasteiger charge is 2.28. The number of nitrogens with one attached hydrogen (secondary N) is 1. The van der Waals surface area contributed by atoms with E-state index in [1.807, 2.05) is 52.0 Å². The first-order valence-corrected chi connectivity index (χ1v) is 10.8. The maximum Gasteiger partial charge on any atom is 0.243 e. The van der Waals surface area contributed by atoms with E-state index in [2.05, 4.69) is 5.32 Å². The fourth-order valence-corrected chi connectivity index (χ4v) is 3.73. The van der Waals surface area contributed by atoms with Gasteiger partial charge in [0.15, 0.2) is 0 Å². The van der Waals surface area contributed by atoms with E-state index in [0.717, 1.165) is 16.0 Å². The van der Waals surface area contributed by atoms with Crippen LogP contribution in [0.15, 0.2) is 53.4 Å². The Kier molecular flexibility index (Phi) is 8.70. The Morgan fingerprint density at radius 2 is 1.69 bits per heavy atom. The van der Waals surface area contributed by atoms with E-state index >= 15 is 0 Å². The Labute approximate surface area is 176 Å². The number of carbonyl (C=O) groups excluding carboxylic acids is 2. The standard InChI is InChI=1S/C23H29FN2O2S/c1-5-21(23(28)25-16(2)3)26(14-18-8-10-19(24)11-9-18)22(27)15-29-20-12-6-17(4)7-13-20/h6-13,16,21H,5,14-15H2,1-4H3,(H,25,28)/t21-/m1/s1. The Balaban J connectivity index is 2.18. The molecule has 0 heterocycles. The summed E-state index contributed by atoms with van der Waals surface area (Å²) in [7, 11) is 0. The number of halogens is 1. The molecule has 156 valence electrons. The van der Waals surface area contributed by atoms with Crippen molar-refractivity contribution in [2.75, 3.05) is 5.75 Å². The zero-order valence-corrected chi connectivity index (χ0v) is 18.3. The van der Waals surface area contributed by atoms with Gasteiger partial charge in [-0.1, -0.05) is 36.8 Å². The quantitative estimate of drug-likeness (QED) is 0.610. The summed E-state index contributed by atoms with van der Waals surface area (Å²) < 4.78 is 13.3. The molecule has 0 saturated carbocycles. The predicted molar refractivity (Wildman–Crippen MR) is 116 cm³/mol. The van der Waals surface area contributed by atoms with Gasteiger partial charge in [-0.05, 0) is 57.0 Å². The van der Waals surface area contributed by atoms with Gasteiger partial charge in [0.2, 0.25) is 11.8 Å². The molecule has 2 rings (SSSR count). The van der Waals surface area contributed by atoms with Gasteiger partial charge in [0.25, 0.3) is 0 Å². The van der Waals surface area contributed by atoms with E-state index < -0.39 is 6.04 Å². The van der Waals surface area contributed by atoms with Crippen LogP contribution in [0.4, 0.5) is 4.39 Å². The predicted octanol–water partition coefficient (Wildman–Crippen LogP) is 4.56. The number of nitrogens with zero attached hydrogens (tertiary/aromatic N) is 1. The van der Waals surface area contributed by atoms with Crippen molar-refractivity contribution in [3.8, 4) is 0 Å². The van der Waals surface area contributed by atoms with E-state index in [9.17, 15) is 14.0 Å². The van der Waals surface area contributed by atoms with Crippen molar-refractivity contribution in [2.24, 2.45) is 0 Å². The minimum atomic E-state index is -0.575. The monoisotopic (exact) mass is 416 g/mol. The molecule has 0 spiro atoms. The van der Waals surface area contributed by atoms with E-state index in [0.29, 0.717) is 6.42 Å². The number of rotatable bonds is 9. The van der Waals surface area contributed by atoms with Crippen LogP contribution in [0.2, 0.25) is 0 Å². The Morgan fingerprint density at radius 3 is 2.24 bits per heavy atom. The molecule has 0 aliphatic rings. The molecule has 0 unspecified atom stereocenters. The number of hydrogen-bond donors (Lipinski definition) is 1. The Bertz CT molecular complexity index is 807. The van der Waals surface area contributed by atoms with Crippen LogP contribution >= 0.6 is 11.8 Å². The third kappa shape index (κ3) is 7.20. The van der Waals surface area contributed by atoms with Crippen LogP contribution in [-0.2, 0) is 16.1 Å². The summed E-state index contributed by atoms with van der Waals surface area (Å²) in [4.78, 5) is 28.4. The molecule has 0 saturated heterocycles. The van der Waals surface area contributed by atoms with Crippen LogP contribution in [0.25, 0.3) is 0 Å². The molecule has 2 aromatic carbocycles. The molecule has 0 aromatic heterocycles. The number of carbonyl (C=O) groups is 2. The SMILES string of the molecule is CC[C@H](C(=O)NC(C)C)N(Cc1ccc(F)cc1)C(=O)CSc1ccc(C)cc1. The average molecular weight is 417 g/mol. The minimum absolute atomic E-state index is 0.0127. The van der Waals surface area contributed by atoms with Crippen molar-refractivity contribution in [2.45, 2.75) is 57.6 Å². The number of amides is 2. The lowest BCUT2D eigenvalue weighted by atomic mass is 10.1. The summed E-state index contributed by atoms with van der Waals surface area (Å²) in [5.41, 5.74) is 1.95. The highest BCUT2D eigenvalue weighted by atomic mass is 32.2. The van der Waals surface area contributed by atoms with Gasteiger partial charge in [-0.15, -0.1) is 11.8 Å². The van der Waals surface area contributed by atoms with Gasteiger partial charge in [0.1, 0.15) is 11.9 Å². The molecule has 1 atom stereocenters. The third-order valence-electron chi connectivity index (χ3n) is 4.47. The lowest BCUT2D eigenvalue weighted by molar-refractivity contribution is -0.139. The van der Waals surface area contributed by atoms with Crippen LogP contribution < -0.4 is 5.32 Å². The summed E-state index contributed by atoms with van der Waals surface area (Å²) in [6.07, 6.45) is 0.501. The molecule has 0 bridgehead atoms. The Morgan fingerprint density at radius 1 is 1.07 bits per heavy atom. The molecular formula is C23H29FN2O2S. The van der Waals surface area contributed by atoms with Gasteiger partial charge in [0.05, 0.1) is 5.75 Å². The lowest BCUT2D eigenvalue weighted by Crippen LogP contribution is -2.50. The topological polar surface area (TPSA) is 49.4 Å². The van der Waals surface area contributed by atoms with Crippen LogP contribution in [0.1, 0.15) is 38.3 Å². The molecule has 1 N–H and O–H groups in total. The fraction of sp³-hybridized carbons (Fsp3) is 0.391. The summed E-state index contributed by atoms with van der Waals surface area (Å²) in [6.45, 7) is 7.96. The zero-order valence-electron chi connectivity index (χ0n) is 17.4.